The molecule has 0 radical (unpaired) electrons. The van der Waals surface area contributed by atoms with Crippen molar-refractivity contribution >= 4 is 57.8 Å². The van der Waals surface area contributed by atoms with E-state index in [4.69, 9.17) is 46.4 Å². The highest BCUT2D eigenvalue weighted by atomic mass is 35.5. The SMILES string of the molecule is Clc1ccc(Cl)c(N=Nc2cc(Cl)ccc2Cl)c1. The van der Waals surface area contributed by atoms with Crippen LogP contribution in [0.1, 0.15) is 0 Å². The lowest BCUT2D eigenvalue weighted by molar-refractivity contribution is 1.23. The summed E-state index contributed by atoms with van der Waals surface area (Å²) in [6.07, 6.45) is 0. The van der Waals surface area contributed by atoms with Crippen LogP contribution in [0.5, 0.6) is 0 Å². The fourth-order valence-corrected chi connectivity index (χ4v) is 1.88. The number of benzene rings is 2. The second kappa shape index (κ2) is 5.89. The third kappa shape index (κ3) is 3.36. The molecule has 2 aromatic carbocycles. The van der Waals surface area contributed by atoms with Crippen molar-refractivity contribution in [2.24, 2.45) is 10.2 Å². The van der Waals surface area contributed by atoms with E-state index in [9.17, 15) is 0 Å². The minimum Gasteiger partial charge on any atom is -0.149 e. The van der Waals surface area contributed by atoms with Crippen LogP contribution < -0.4 is 0 Å². The molecule has 18 heavy (non-hydrogen) atoms. The van der Waals surface area contributed by atoms with Crippen LogP contribution in [0.25, 0.3) is 0 Å². The quantitative estimate of drug-likeness (QED) is 0.549. The molecule has 0 spiro atoms. The number of rotatable bonds is 2. The lowest BCUT2D eigenvalue weighted by atomic mass is 10.3. The Hall–Kier alpha value is -0.800. The van der Waals surface area contributed by atoms with Gasteiger partial charge in [-0.05, 0) is 36.4 Å². The van der Waals surface area contributed by atoms with Crippen molar-refractivity contribution in [3.63, 3.8) is 0 Å². The number of nitrogens with zero attached hydrogens (tertiary/aromatic N) is 2. The number of azo groups is 1. The fraction of sp³-hybridized carbons (Fsp3) is 0. The normalized spacial score (nSPS) is 11.1. The van der Waals surface area contributed by atoms with Gasteiger partial charge in [0.15, 0.2) is 0 Å². The molecule has 0 aliphatic rings. The van der Waals surface area contributed by atoms with Crippen LogP contribution in [0.15, 0.2) is 46.6 Å². The second-order valence-electron chi connectivity index (χ2n) is 3.39. The molecule has 0 atom stereocenters. The van der Waals surface area contributed by atoms with E-state index < -0.39 is 0 Å². The predicted molar refractivity (Wildman–Crippen MR) is 77.1 cm³/mol. The maximum Gasteiger partial charge on any atom is 0.106 e. The van der Waals surface area contributed by atoms with Gasteiger partial charge in [-0.15, -0.1) is 10.2 Å². The van der Waals surface area contributed by atoms with E-state index in [1.807, 2.05) is 0 Å². The highest BCUT2D eigenvalue weighted by Gasteiger charge is 2.02. The van der Waals surface area contributed by atoms with E-state index in [-0.39, 0.29) is 0 Å². The predicted octanol–water partition coefficient (Wildman–Crippen LogP) is 6.72. The first-order chi connectivity index (χ1) is 8.56. The standard InChI is InChI=1S/C12H6Cl4N2/c13-7-1-3-9(15)11(5-7)17-18-12-6-8(14)2-4-10(12)16/h1-6H. The van der Waals surface area contributed by atoms with Crippen molar-refractivity contribution in [1.29, 1.82) is 0 Å². The van der Waals surface area contributed by atoms with Gasteiger partial charge in [-0.25, -0.2) is 0 Å². The van der Waals surface area contributed by atoms with Crippen LogP contribution in [0.4, 0.5) is 11.4 Å². The highest BCUT2D eigenvalue weighted by molar-refractivity contribution is 6.35. The van der Waals surface area contributed by atoms with Crippen molar-refractivity contribution in [3.8, 4) is 0 Å². The van der Waals surface area contributed by atoms with Crippen molar-refractivity contribution in [2.75, 3.05) is 0 Å². The minimum atomic E-state index is 0.460. The Labute approximate surface area is 124 Å². The van der Waals surface area contributed by atoms with Gasteiger partial charge in [0.1, 0.15) is 11.4 Å². The Balaban J connectivity index is 2.35. The van der Waals surface area contributed by atoms with E-state index in [0.717, 1.165) is 0 Å². The van der Waals surface area contributed by atoms with Gasteiger partial charge in [-0.3, -0.25) is 0 Å². The first-order valence-electron chi connectivity index (χ1n) is 4.88. The molecule has 2 aromatic rings. The third-order valence-electron chi connectivity index (χ3n) is 2.08. The van der Waals surface area contributed by atoms with Crippen LogP contribution in [0, 0.1) is 0 Å². The number of halogens is 4. The van der Waals surface area contributed by atoms with Crippen molar-refractivity contribution in [1.82, 2.24) is 0 Å². The summed E-state index contributed by atoms with van der Waals surface area (Å²) in [5.41, 5.74) is 0.945. The number of hydrogen-bond acceptors (Lipinski definition) is 2. The monoisotopic (exact) mass is 318 g/mol. The molecule has 92 valence electrons. The maximum atomic E-state index is 5.96. The van der Waals surface area contributed by atoms with Crippen molar-refractivity contribution in [2.45, 2.75) is 0 Å². The van der Waals surface area contributed by atoms with Gasteiger partial charge >= 0.3 is 0 Å². The fourth-order valence-electron chi connectivity index (χ4n) is 1.23. The largest absolute Gasteiger partial charge is 0.149 e. The number of hydrogen-bond donors (Lipinski definition) is 0. The molecule has 0 saturated carbocycles. The molecule has 6 heteroatoms. The Morgan fingerprint density at radius 3 is 1.39 bits per heavy atom. The molecule has 2 nitrogen and oxygen atoms in total. The van der Waals surface area contributed by atoms with E-state index in [1.165, 1.54) is 0 Å². The van der Waals surface area contributed by atoms with E-state index in [0.29, 0.717) is 31.5 Å². The van der Waals surface area contributed by atoms with Gasteiger partial charge in [-0.1, -0.05) is 46.4 Å². The summed E-state index contributed by atoms with van der Waals surface area (Å²) in [5, 5.41) is 9.99. The highest BCUT2D eigenvalue weighted by Crippen LogP contribution is 2.32. The summed E-state index contributed by atoms with van der Waals surface area (Å²) in [6, 6.07) is 9.89. The Kier molecular flexibility index (Phi) is 4.46. The van der Waals surface area contributed by atoms with Crippen LogP contribution in [-0.2, 0) is 0 Å². The molecular weight excluding hydrogens is 314 g/mol. The zero-order chi connectivity index (χ0) is 13.1. The van der Waals surface area contributed by atoms with E-state index >= 15 is 0 Å². The molecule has 0 heterocycles. The van der Waals surface area contributed by atoms with Gasteiger partial charge in [0, 0.05) is 10.0 Å². The van der Waals surface area contributed by atoms with E-state index in [2.05, 4.69) is 10.2 Å². The molecule has 0 unspecified atom stereocenters. The zero-order valence-electron chi connectivity index (χ0n) is 8.87. The molecule has 0 saturated heterocycles. The Morgan fingerprint density at radius 2 is 1.00 bits per heavy atom. The molecule has 0 bridgehead atoms. The molecule has 0 amide bonds. The summed E-state index contributed by atoms with van der Waals surface area (Å²) in [5.74, 6) is 0. The minimum absolute atomic E-state index is 0.460. The first kappa shape index (κ1) is 13.6. The van der Waals surface area contributed by atoms with Gasteiger partial charge < -0.3 is 0 Å². The summed E-state index contributed by atoms with van der Waals surface area (Å²) in [7, 11) is 0. The average molecular weight is 320 g/mol. The summed E-state index contributed by atoms with van der Waals surface area (Å²) >= 11 is 23.6. The van der Waals surface area contributed by atoms with E-state index in [1.54, 1.807) is 36.4 Å². The summed E-state index contributed by atoms with van der Waals surface area (Å²) in [6.45, 7) is 0. The Morgan fingerprint density at radius 1 is 0.611 bits per heavy atom. The average Bonchev–Trinajstić information content (AvgIpc) is 2.34. The third-order valence-corrected chi connectivity index (χ3v) is 3.19. The molecule has 0 aromatic heterocycles. The molecule has 2 rings (SSSR count). The molecular formula is C12H6Cl4N2. The van der Waals surface area contributed by atoms with Crippen LogP contribution in [-0.4, -0.2) is 0 Å². The van der Waals surface area contributed by atoms with Gasteiger partial charge in [0.05, 0.1) is 10.0 Å². The maximum absolute atomic E-state index is 5.96. The molecule has 0 aliphatic carbocycles. The topological polar surface area (TPSA) is 24.7 Å². The first-order valence-corrected chi connectivity index (χ1v) is 6.39. The van der Waals surface area contributed by atoms with Crippen LogP contribution in [0.2, 0.25) is 20.1 Å². The van der Waals surface area contributed by atoms with Crippen molar-refractivity contribution < 1.29 is 0 Å². The Bertz CT molecular complexity index is 558. The second-order valence-corrected chi connectivity index (χ2v) is 5.08. The summed E-state index contributed by atoms with van der Waals surface area (Å²) in [4.78, 5) is 0. The lowest BCUT2D eigenvalue weighted by Gasteiger charge is -1.99. The van der Waals surface area contributed by atoms with Crippen LogP contribution in [0.3, 0.4) is 0 Å². The smallest absolute Gasteiger partial charge is 0.106 e. The zero-order valence-corrected chi connectivity index (χ0v) is 11.9. The molecule has 0 aliphatic heterocycles. The molecule has 0 N–H and O–H groups in total. The molecule has 0 fully saturated rings. The van der Waals surface area contributed by atoms with Gasteiger partial charge in [-0.2, -0.15) is 0 Å². The van der Waals surface area contributed by atoms with Crippen LogP contribution >= 0.6 is 46.4 Å². The van der Waals surface area contributed by atoms with Crippen molar-refractivity contribution in [3.05, 3.63) is 56.5 Å². The lowest BCUT2D eigenvalue weighted by Crippen LogP contribution is -1.71. The van der Waals surface area contributed by atoms with Gasteiger partial charge in [0.25, 0.3) is 0 Å². The summed E-state index contributed by atoms with van der Waals surface area (Å²) < 4.78 is 0. The van der Waals surface area contributed by atoms with Gasteiger partial charge in [0.2, 0.25) is 0 Å².